The van der Waals surface area contributed by atoms with Gasteiger partial charge < -0.3 is 19.9 Å². The van der Waals surface area contributed by atoms with Gasteiger partial charge in [0, 0.05) is 52.4 Å². The number of aromatic amines is 2. The van der Waals surface area contributed by atoms with Crippen LogP contribution in [0, 0.1) is 0 Å². The van der Waals surface area contributed by atoms with Crippen LogP contribution in [-0.4, -0.2) is 45.0 Å². The first-order chi connectivity index (χ1) is 24.9. The molecule has 0 atom stereocenters. The predicted molar refractivity (Wildman–Crippen MR) is 216 cm³/mol. The number of hydrogen-bond acceptors (Lipinski definition) is 7. The van der Waals surface area contributed by atoms with Gasteiger partial charge in [-0.15, -0.1) is 0 Å². The molecule has 51 heavy (non-hydrogen) atoms. The van der Waals surface area contributed by atoms with Crippen molar-refractivity contribution in [3.05, 3.63) is 134 Å². The molecule has 8 rings (SSSR count). The van der Waals surface area contributed by atoms with Crippen molar-refractivity contribution in [1.29, 1.82) is 0 Å². The molecule has 0 spiro atoms. The molecular weight excluding hydrogens is 840 g/mol. The average molecular weight is 873 g/mol. The number of fused-ring (bicyclic) bond motifs is 4. The first-order valence-electron chi connectivity index (χ1n) is 16.4. The molecule has 2 aliphatic rings. The lowest BCUT2D eigenvalue weighted by atomic mass is 10.0. The van der Waals surface area contributed by atoms with Crippen LogP contribution in [0.2, 0.25) is 0 Å². The molecule has 0 saturated carbocycles. The number of oxime groups is 1. The van der Waals surface area contributed by atoms with Crippen molar-refractivity contribution in [3.63, 3.8) is 0 Å². The summed E-state index contributed by atoms with van der Waals surface area (Å²) in [7, 11) is 0. The molecule has 0 bridgehead atoms. The molecule has 0 aliphatic carbocycles. The quantitative estimate of drug-likeness (QED) is 0.0624. The molecule has 4 N–H and O–H groups in total. The van der Waals surface area contributed by atoms with Crippen LogP contribution in [0.25, 0.3) is 27.4 Å². The van der Waals surface area contributed by atoms with Crippen molar-refractivity contribution >= 4 is 98.0 Å². The van der Waals surface area contributed by atoms with Gasteiger partial charge in [-0.25, -0.2) is 9.98 Å². The fraction of sp³-hybridized carbons (Fsp3) is 0.154. The topological polar surface area (TPSA) is 119 Å². The van der Waals surface area contributed by atoms with Crippen LogP contribution in [0.4, 0.5) is 11.4 Å². The molecule has 0 unspecified atom stereocenters. The Hall–Kier alpha value is -4.49. The van der Waals surface area contributed by atoms with Gasteiger partial charge in [0.05, 0.1) is 40.3 Å². The second-order valence-corrected chi connectivity index (χ2v) is 14.4. The highest BCUT2D eigenvalue weighted by Crippen LogP contribution is 2.37. The van der Waals surface area contributed by atoms with Crippen molar-refractivity contribution < 1.29 is 14.8 Å². The number of nitrogens with zero attached hydrogens (tertiary/aromatic N) is 3. The summed E-state index contributed by atoms with van der Waals surface area (Å²) in [6.07, 6.45) is 2.11. The van der Waals surface area contributed by atoms with Crippen molar-refractivity contribution in [2.24, 2.45) is 15.1 Å². The summed E-state index contributed by atoms with van der Waals surface area (Å²) in [5.74, 6) is 0.0628. The second-order valence-electron chi connectivity index (χ2n) is 11.8. The molecule has 12 heteroatoms. The number of nitrogens with one attached hydrogen (secondary N) is 3. The van der Waals surface area contributed by atoms with Crippen LogP contribution in [0.3, 0.4) is 0 Å². The summed E-state index contributed by atoms with van der Waals surface area (Å²) in [6.45, 7) is 7.43. The molecule has 0 radical (unpaired) electrons. The summed E-state index contributed by atoms with van der Waals surface area (Å²) >= 11 is 10.4. The summed E-state index contributed by atoms with van der Waals surface area (Å²) in [4.78, 5) is 27.0. The number of anilines is 1. The molecule has 0 fully saturated rings. The largest absolute Gasteiger partial charge is 0.494 e. The highest BCUT2D eigenvalue weighted by Gasteiger charge is 2.29. The Bertz CT molecular complexity index is 2480. The Morgan fingerprint density at radius 3 is 2.49 bits per heavy atom. The lowest BCUT2D eigenvalue weighted by molar-refractivity contribution is 0.163. The van der Waals surface area contributed by atoms with Gasteiger partial charge in [0.15, 0.2) is 5.88 Å². The highest BCUT2D eigenvalue weighted by atomic mass is 79.9. The van der Waals surface area contributed by atoms with Gasteiger partial charge in [-0.1, -0.05) is 109 Å². The third-order valence-corrected chi connectivity index (χ3v) is 9.73. The lowest BCUT2D eigenvalue weighted by Gasteiger charge is -2.10. The summed E-state index contributed by atoms with van der Waals surface area (Å²) in [5, 5.41) is 19.4. The van der Waals surface area contributed by atoms with E-state index in [2.05, 4.69) is 105 Å². The molecule has 258 valence electrons. The number of alkyl halides is 1. The van der Waals surface area contributed by atoms with E-state index in [1.807, 2.05) is 66.7 Å². The maximum absolute atomic E-state index is 10.5. The van der Waals surface area contributed by atoms with Crippen molar-refractivity contribution in [2.75, 3.05) is 24.0 Å². The molecule has 9 nitrogen and oxygen atoms in total. The predicted octanol–water partition coefficient (Wildman–Crippen LogP) is 9.31. The zero-order chi connectivity index (χ0) is 35.5. The molecule has 2 aromatic heterocycles. The first-order valence-corrected chi connectivity index (χ1v) is 19.1. The smallest absolute Gasteiger partial charge is 0.199 e. The average Bonchev–Trinajstić information content (AvgIpc) is 3.86. The van der Waals surface area contributed by atoms with Gasteiger partial charge in [0.2, 0.25) is 0 Å². The Morgan fingerprint density at radius 2 is 1.65 bits per heavy atom. The standard InChI is InChI=1S/C21H20BrN3O.C18H13Br2N3O2/c1-3-4-11-26-25-20-15-7-5-6-8-17(15)24-21(20)19-13(2)23-18-10-9-14(22)12-16(18)19;19-7-8-25-23-16-11-3-1-2-4-13(11)21-17(16)15-12-9-10(20)5-6-14(12)22-18(15)24/h5-10,12,24-25H,2-4,11H2,1H3;1-6,9,22,24H,7-8H2/b;23-16+. The minimum Gasteiger partial charge on any atom is -0.494 e. The molecular formula is C39H33Br3N6O3. The van der Waals surface area contributed by atoms with E-state index in [1.54, 1.807) is 0 Å². The summed E-state index contributed by atoms with van der Waals surface area (Å²) in [6, 6.07) is 27.8. The van der Waals surface area contributed by atoms with Crippen molar-refractivity contribution in [2.45, 2.75) is 19.8 Å². The van der Waals surface area contributed by atoms with Crippen molar-refractivity contribution in [3.8, 4) is 5.88 Å². The first kappa shape index (κ1) is 34.9. The summed E-state index contributed by atoms with van der Waals surface area (Å²) in [5.41, 5.74) is 12.2. The van der Waals surface area contributed by atoms with Crippen LogP contribution >= 0.6 is 47.8 Å². The Kier molecular flexibility index (Phi) is 10.6. The summed E-state index contributed by atoms with van der Waals surface area (Å²) < 4.78 is 1.94. The van der Waals surface area contributed by atoms with E-state index in [-0.39, 0.29) is 5.88 Å². The highest BCUT2D eigenvalue weighted by molar-refractivity contribution is 9.10. The van der Waals surface area contributed by atoms with E-state index >= 15 is 0 Å². The van der Waals surface area contributed by atoms with Gasteiger partial charge in [-0.05, 0) is 55.0 Å². The van der Waals surface area contributed by atoms with E-state index in [0.717, 1.165) is 88.1 Å². The SMILES string of the molecule is C=C1N=c2ccc(Br)cc2=C1c1[nH]c2ccccc2c1NOCCCC.Oc1[nH]c2ccc(Br)cc2c1C1=Nc2ccccc2/C1=N\OCCBr. The zero-order valence-electron chi connectivity index (χ0n) is 27.6. The van der Waals surface area contributed by atoms with Gasteiger partial charge >= 0.3 is 0 Å². The molecule has 0 saturated heterocycles. The van der Waals surface area contributed by atoms with Crippen LogP contribution in [0.1, 0.15) is 36.6 Å². The van der Waals surface area contributed by atoms with Crippen LogP contribution < -0.4 is 16.1 Å². The lowest BCUT2D eigenvalue weighted by Crippen LogP contribution is -2.23. The number of unbranched alkanes of at least 4 members (excludes halogenated alkanes) is 1. The monoisotopic (exact) mass is 870 g/mol. The third-order valence-electron chi connectivity index (χ3n) is 8.42. The van der Waals surface area contributed by atoms with E-state index in [0.29, 0.717) is 35.5 Å². The Morgan fingerprint density at radius 1 is 0.882 bits per heavy atom. The fourth-order valence-electron chi connectivity index (χ4n) is 6.09. The maximum atomic E-state index is 10.5. The number of aliphatic imine (C=N–C) groups is 1. The number of aromatic hydroxyl groups is 1. The molecule has 4 heterocycles. The number of halogens is 3. The number of para-hydroxylation sites is 2. The Balaban J connectivity index is 0.000000159. The normalized spacial score (nSPS) is 14.0. The van der Waals surface area contributed by atoms with E-state index in [9.17, 15) is 5.11 Å². The second kappa shape index (κ2) is 15.4. The fourth-order valence-corrected chi connectivity index (χ4v) is 6.96. The molecule has 4 aromatic carbocycles. The number of hydrogen-bond donors (Lipinski definition) is 4. The molecule has 6 aromatic rings. The van der Waals surface area contributed by atoms with Gasteiger partial charge in [-0.2, -0.15) is 0 Å². The number of benzene rings is 4. The molecule has 2 aliphatic heterocycles. The van der Waals surface area contributed by atoms with Gasteiger partial charge in [-0.3, -0.25) is 10.3 Å². The number of allylic oxidation sites excluding steroid dienone is 1. The van der Waals surface area contributed by atoms with Crippen LogP contribution in [0.5, 0.6) is 5.88 Å². The van der Waals surface area contributed by atoms with E-state index in [1.165, 1.54) is 0 Å². The third kappa shape index (κ3) is 7.05. The van der Waals surface area contributed by atoms with E-state index < -0.39 is 0 Å². The zero-order valence-corrected chi connectivity index (χ0v) is 32.3. The van der Waals surface area contributed by atoms with Crippen LogP contribution in [0.15, 0.2) is 121 Å². The van der Waals surface area contributed by atoms with Gasteiger partial charge in [0.25, 0.3) is 0 Å². The Labute approximate surface area is 319 Å². The number of aromatic nitrogens is 2. The van der Waals surface area contributed by atoms with E-state index in [4.69, 9.17) is 14.7 Å². The minimum absolute atomic E-state index is 0.0628. The minimum atomic E-state index is 0.0628. The van der Waals surface area contributed by atoms with Crippen molar-refractivity contribution in [1.82, 2.24) is 9.97 Å². The maximum Gasteiger partial charge on any atom is 0.199 e. The van der Waals surface area contributed by atoms with Crippen LogP contribution in [-0.2, 0) is 9.68 Å². The molecule has 0 amide bonds. The number of H-pyrrole nitrogens is 2. The number of rotatable bonds is 10. The van der Waals surface area contributed by atoms with Gasteiger partial charge in [0.1, 0.15) is 18.0 Å².